The van der Waals surface area contributed by atoms with Gasteiger partial charge in [-0.05, 0) is 24.3 Å². The number of carbonyl (C=O) groups is 2. The molecule has 1 amide bonds. The third-order valence-corrected chi connectivity index (χ3v) is 5.40. The molecule has 190 valence electrons. The van der Waals surface area contributed by atoms with Crippen LogP contribution in [0.3, 0.4) is 0 Å². The molecule has 16 heteroatoms. The number of benzene rings is 1. The predicted molar refractivity (Wildman–Crippen MR) is 122 cm³/mol. The molecule has 3 aromatic heterocycles. The molecule has 0 radical (unpaired) electrons. The van der Waals surface area contributed by atoms with Gasteiger partial charge in [0.25, 0.3) is 11.6 Å². The fourth-order valence-electron chi connectivity index (χ4n) is 3.33. The Labute approximate surface area is 209 Å². The maximum absolute atomic E-state index is 13.8. The van der Waals surface area contributed by atoms with Crippen LogP contribution in [0.5, 0.6) is 0 Å². The number of rotatable bonds is 6. The lowest BCUT2D eigenvalue weighted by Gasteiger charge is -2.09. The van der Waals surface area contributed by atoms with Crippen molar-refractivity contribution in [2.45, 2.75) is 6.18 Å². The smallest absolute Gasteiger partial charge is 0.435 e. The Balaban J connectivity index is 1.68. The molecule has 0 unspecified atom stereocenters. The number of aromatic nitrogens is 5. The highest BCUT2D eigenvalue weighted by Crippen LogP contribution is 2.37. The summed E-state index contributed by atoms with van der Waals surface area (Å²) in [7, 11) is 1.32. The first kappa shape index (κ1) is 25.3. The molecule has 37 heavy (non-hydrogen) atoms. The highest BCUT2D eigenvalue weighted by molar-refractivity contribution is 6.33. The SMILES string of the molecule is Cn1c(-c2cn(-c3ccc([N+](=O)[O-])cn3)nc2C(F)(F)F)cnc1C(=O)Nc1ccc(C(=O)O)c(Cl)c1. The zero-order valence-corrected chi connectivity index (χ0v) is 19.2. The molecule has 0 atom stereocenters. The van der Waals surface area contributed by atoms with Crippen LogP contribution in [0.4, 0.5) is 24.5 Å². The molecule has 0 bridgehead atoms. The molecule has 1 aromatic carbocycles. The number of anilines is 1. The van der Waals surface area contributed by atoms with E-state index in [-0.39, 0.29) is 39.3 Å². The minimum Gasteiger partial charge on any atom is -0.478 e. The zero-order valence-electron chi connectivity index (χ0n) is 18.4. The van der Waals surface area contributed by atoms with Crippen LogP contribution in [0.25, 0.3) is 17.1 Å². The molecule has 3 heterocycles. The van der Waals surface area contributed by atoms with E-state index in [9.17, 15) is 32.9 Å². The summed E-state index contributed by atoms with van der Waals surface area (Å²) in [4.78, 5) is 41.6. The lowest BCUT2D eigenvalue weighted by atomic mass is 10.2. The van der Waals surface area contributed by atoms with Crippen molar-refractivity contribution < 1.29 is 32.8 Å². The topological polar surface area (TPSA) is 158 Å². The highest BCUT2D eigenvalue weighted by atomic mass is 35.5. The second kappa shape index (κ2) is 9.34. The van der Waals surface area contributed by atoms with Crippen molar-refractivity contribution in [2.24, 2.45) is 7.05 Å². The first-order chi connectivity index (χ1) is 17.4. The molecule has 0 fully saturated rings. The zero-order chi connectivity index (χ0) is 27.1. The Morgan fingerprint density at radius 1 is 1.16 bits per heavy atom. The van der Waals surface area contributed by atoms with Crippen molar-refractivity contribution in [2.75, 3.05) is 5.32 Å². The summed E-state index contributed by atoms with van der Waals surface area (Å²) in [6.07, 6.45) is -1.95. The van der Waals surface area contributed by atoms with Crippen molar-refractivity contribution in [3.8, 4) is 17.1 Å². The lowest BCUT2D eigenvalue weighted by molar-refractivity contribution is -0.385. The largest absolute Gasteiger partial charge is 0.478 e. The molecule has 12 nitrogen and oxygen atoms in total. The molecule has 2 N–H and O–H groups in total. The third-order valence-electron chi connectivity index (χ3n) is 5.09. The highest BCUT2D eigenvalue weighted by Gasteiger charge is 2.39. The molecule has 0 aliphatic heterocycles. The summed E-state index contributed by atoms with van der Waals surface area (Å²) in [5.74, 6) is -2.43. The summed E-state index contributed by atoms with van der Waals surface area (Å²) >= 11 is 5.90. The third kappa shape index (κ3) is 4.97. The Hall–Kier alpha value is -4.79. The van der Waals surface area contributed by atoms with Gasteiger partial charge in [-0.1, -0.05) is 11.6 Å². The van der Waals surface area contributed by atoms with Crippen molar-refractivity contribution in [3.63, 3.8) is 0 Å². The molecule has 0 saturated heterocycles. The van der Waals surface area contributed by atoms with Gasteiger partial charge in [-0.25, -0.2) is 19.4 Å². The van der Waals surface area contributed by atoms with Crippen LogP contribution < -0.4 is 5.32 Å². The summed E-state index contributed by atoms with van der Waals surface area (Å²) in [6.45, 7) is 0. The molecular weight excluding hydrogens is 523 g/mol. The number of carbonyl (C=O) groups excluding carboxylic acids is 1. The van der Waals surface area contributed by atoms with Gasteiger partial charge in [0.2, 0.25) is 0 Å². The van der Waals surface area contributed by atoms with E-state index >= 15 is 0 Å². The van der Waals surface area contributed by atoms with E-state index < -0.39 is 34.2 Å². The number of hydrogen-bond donors (Lipinski definition) is 2. The Bertz CT molecular complexity index is 1550. The average Bonchev–Trinajstić information content (AvgIpc) is 3.42. The summed E-state index contributed by atoms with van der Waals surface area (Å²) in [5, 5.41) is 25.7. The second-order valence-corrected chi connectivity index (χ2v) is 7.85. The van der Waals surface area contributed by atoms with Crippen molar-refractivity contribution in [3.05, 3.63) is 81.1 Å². The summed E-state index contributed by atoms with van der Waals surface area (Å²) in [5.41, 5.74) is -2.22. The van der Waals surface area contributed by atoms with E-state index in [2.05, 4.69) is 20.4 Å². The first-order valence-electron chi connectivity index (χ1n) is 10.0. The number of nitrogens with zero attached hydrogens (tertiary/aromatic N) is 6. The van der Waals surface area contributed by atoms with E-state index in [1.165, 1.54) is 25.2 Å². The van der Waals surface area contributed by atoms with Crippen LogP contribution in [0.15, 0.2) is 48.9 Å². The van der Waals surface area contributed by atoms with Crippen LogP contribution in [0.1, 0.15) is 26.7 Å². The van der Waals surface area contributed by atoms with Crippen molar-refractivity contribution in [1.29, 1.82) is 0 Å². The number of halogens is 4. The van der Waals surface area contributed by atoms with E-state index in [0.717, 1.165) is 40.0 Å². The van der Waals surface area contributed by atoms with Crippen LogP contribution >= 0.6 is 11.6 Å². The van der Waals surface area contributed by atoms with Crippen LogP contribution in [-0.4, -0.2) is 46.2 Å². The Kier molecular flexibility index (Phi) is 6.39. The monoisotopic (exact) mass is 535 g/mol. The van der Waals surface area contributed by atoms with E-state index in [1.54, 1.807) is 0 Å². The van der Waals surface area contributed by atoms with Gasteiger partial charge in [-0.2, -0.15) is 18.3 Å². The maximum Gasteiger partial charge on any atom is 0.435 e. The number of pyridine rings is 1. The predicted octanol–water partition coefficient (Wildman–Crippen LogP) is 4.20. The van der Waals surface area contributed by atoms with E-state index in [0.29, 0.717) is 0 Å². The normalized spacial score (nSPS) is 11.4. The van der Waals surface area contributed by atoms with Gasteiger partial charge in [0.05, 0.1) is 33.0 Å². The first-order valence-corrected chi connectivity index (χ1v) is 10.4. The minimum absolute atomic E-state index is 0.107. The Morgan fingerprint density at radius 3 is 2.46 bits per heavy atom. The molecule has 0 saturated carbocycles. The van der Waals surface area contributed by atoms with Gasteiger partial charge in [-0.15, -0.1) is 0 Å². The number of alkyl halides is 3. The van der Waals surface area contributed by atoms with Gasteiger partial charge in [0, 0.05) is 25.0 Å². The minimum atomic E-state index is -4.89. The van der Waals surface area contributed by atoms with Crippen LogP contribution in [0.2, 0.25) is 5.02 Å². The average molecular weight is 536 g/mol. The molecule has 0 aliphatic carbocycles. The van der Waals surface area contributed by atoms with Gasteiger partial charge in [-0.3, -0.25) is 14.9 Å². The molecule has 0 aliphatic rings. The second-order valence-electron chi connectivity index (χ2n) is 7.45. The number of amides is 1. The fraction of sp³-hybridized carbons (Fsp3) is 0.0952. The molecular formula is C21H13ClF3N7O5. The molecule has 0 spiro atoms. The van der Waals surface area contributed by atoms with E-state index in [4.69, 9.17) is 16.7 Å². The summed E-state index contributed by atoms with van der Waals surface area (Å²) in [6, 6.07) is 5.88. The van der Waals surface area contributed by atoms with Crippen LogP contribution in [0, 0.1) is 10.1 Å². The quantitative estimate of drug-likeness (QED) is 0.274. The Morgan fingerprint density at radius 2 is 1.89 bits per heavy atom. The number of nitro groups is 1. The van der Waals surface area contributed by atoms with Gasteiger partial charge in [0.1, 0.15) is 6.20 Å². The number of carboxylic acids is 1. The number of carboxylic acid groups (broad SMARTS) is 1. The van der Waals surface area contributed by atoms with Gasteiger partial charge in [0.15, 0.2) is 17.3 Å². The van der Waals surface area contributed by atoms with Gasteiger partial charge < -0.3 is 15.0 Å². The number of hydrogen-bond acceptors (Lipinski definition) is 7. The summed E-state index contributed by atoms with van der Waals surface area (Å²) < 4.78 is 43.3. The van der Waals surface area contributed by atoms with E-state index in [1.807, 2.05) is 0 Å². The lowest BCUT2D eigenvalue weighted by Crippen LogP contribution is -2.17. The van der Waals surface area contributed by atoms with Crippen molar-refractivity contribution in [1.82, 2.24) is 24.3 Å². The number of aromatic carboxylic acids is 1. The maximum atomic E-state index is 13.8. The standard InChI is InChI=1S/C21H13ClF3N7O5/c1-30-15(8-27-18(30)19(33)28-10-2-4-12(20(34)35)14(22)6-10)13-9-31(29-17(13)21(23,24)25)16-5-3-11(7-26-16)32(36)37/h2-9H,1H3,(H,28,33)(H,34,35). The van der Waals surface area contributed by atoms with Crippen molar-refractivity contribution >= 4 is 34.9 Å². The fourth-order valence-corrected chi connectivity index (χ4v) is 3.60. The van der Waals surface area contributed by atoms with Crippen LogP contribution in [-0.2, 0) is 13.2 Å². The number of nitrogens with one attached hydrogen (secondary N) is 1. The number of imidazole rings is 1. The molecule has 4 rings (SSSR count). The molecule has 4 aromatic rings. The van der Waals surface area contributed by atoms with Gasteiger partial charge >= 0.3 is 12.1 Å².